The van der Waals surface area contributed by atoms with Crippen molar-refractivity contribution in [2.45, 2.75) is 44.7 Å². The van der Waals surface area contributed by atoms with Crippen molar-refractivity contribution in [3.63, 3.8) is 0 Å². The number of carboxylic acids is 1. The molecule has 1 N–H and O–H groups in total. The molecule has 1 unspecified atom stereocenters. The average Bonchev–Trinajstić information content (AvgIpc) is 2.81. The molecule has 2 aromatic rings. The van der Waals surface area contributed by atoms with Crippen LogP contribution in [0.3, 0.4) is 0 Å². The van der Waals surface area contributed by atoms with Gasteiger partial charge in [0, 0.05) is 0 Å². The van der Waals surface area contributed by atoms with Gasteiger partial charge in [0.25, 0.3) is 5.91 Å². The van der Waals surface area contributed by atoms with Crippen LogP contribution in [0, 0.1) is 0 Å². The van der Waals surface area contributed by atoms with E-state index >= 15 is 0 Å². The lowest BCUT2D eigenvalue weighted by molar-refractivity contribution is 0.0615. The van der Waals surface area contributed by atoms with Gasteiger partial charge in [0.15, 0.2) is 0 Å². The van der Waals surface area contributed by atoms with Crippen LogP contribution in [0.25, 0.3) is 0 Å². The van der Waals surface area contributed by atoms with Crippen LogP contribution in [0.15, 0.2) is 42.5 Å². The Morgan fingerprint density at radius 1 is 1.12 bits per heavy atom. The Balaban J connectivity index is 1.94. The fraction of sp³-hybridized carbons (Fsp3) is 0.333. The van der Waals surface area contributed by atoms with Crippen molar-refractivity contribution < 1.29 is 14.7 Å². The zero-order valence-electron chi connectivity index (χ0n) is 14.6. The van der Waals surface area contributed by atoms with Crippen molar-refractivity contribution in [3.05, 3.63) is 70.3 Å². The van der Waals surface area contributed by atoms with Gasteiger partial charge in [-0.2, -0.15) is 0 Å². The van der Waals surface area contributed by atoms with Crippen molar-refractivity contribution in [1.82, 2.24) is 4.90 Å². The largest absolute Gasteiger partial charge is 0.478 e. The Kier molecular flexibility index (Phi) is 3.29. The summed E-state index contributed by atoms with van der Waals surface area (Å²) in [4.78, 5) is 26.7. The number of amides is 1. The van der Waals surface area contributed by atoms with Gasteiger partial charge < -0.3 is 10.0 Å². The third kappa shape index (κ3) is 2.13. The number of carbonyl (C=O) groups is 2. The van der Waals surface area contributed by atoms with E-state index < -0.39 is 5.97 Å². The maximum atomic E-state index is 13.2. The lowest BCUT2D eigenvalue weighted by Gasteiger charge is -2.31. The Bertz CT molecular complexity index is 900. The number of hydrogen-bond acceptors (Lipinski definition) is 2. The van der Waals surface area contributed by atoms with Crippen molar-refractivity contribution in [2.24, 2.45) is 0 Å². The smallest absolute Gasteiger partial charge is 0.336 e. The molecule has 2 aliphatic heterocycles. The molecule has 2 aromatic carbocycles. The van der Waals surface area contributed by atoms with E-state index in [0.29, 0.717) is 5.56 Å². The SMILES string of the molecule is CC1c2ccccc2C(C)(C)C[C@@H]2c3cccc(C(=O)O)c3C(=O)N12. The first kappa shape index (κ1) is 15.9. The van der Waals surface area contributed by atoms with Gasteiger partial charge in [0.1, 0.15) is 0 Å². The van der Waals surface area contributed by atoms with Crippen molar-refractivity contribution >= 4 is 11.9 Å². The normalized spacial score (nSPS) is 23.5. The zero-order valence-corrected chi connectivity index (χ0v) is 14.6. The standard InChI is InChI=1S/C21H21NO3/c1-12-13-7-4-5-10-16(13)21(2,3)11-17-14-8-6-9-15(20(24)25)18(14)19(23)22(12)17/h4-10,12,17H,11H2,1-3H3,(H,24,25)/t12?,17-/m1/s1. The summed E-state index contributed by atoms with van der Waals surface area (Å²) in [6.07, 6.45) is 0.774. The predicted molar refractivity (Wildman–Crippen MR) is 94.8 cm³/mol. The van der Waals surface area contributed by atoms with Crippen LogP contribution >= 0.6 is 0 Å². The molecule has 0 spiro atoms. The highest BCUT2D eigenvalue weighted by Gasteiger charge is 2.47. The van der Waals surface area contributed by atoms with Gasteiger partial charge >= 0.3 is 5.97 Å². The number of aromatic carboxylic acids is 1. The molecule has 25 heavy (non-hydrogen) atoms. The molecule has 4 heteroatoms. The molecule has 0 aliphatic carbocycles. The summed E-state index contributed by atoms with van der Waals surface area (Å²) in [6.45, 7) is 6.44. The van der Waals surface area contributed by atoms with Gasteiger partial charge in [-0.3, -0.25) is 4.79 Å². The summed E-state index contributed by atoms with van der Waals surface area (Å²) in [6, 6.07) is 13.3. The van der Waals surface area contributed by atoms with Crippen molar-refractivity contribution in [1.29, 1.82) is 0 Å². The molecule has 1 amide bonds. The van der Waals surface area contributed by atoms with E-state index in [2.05, 4.69) is 26.0 Å². The predicted octanol–water partition coefficient (Wildman–Crippen LogP) is 4.32. The molecule has 128 valence electrons. The second kappa shape index (κ2) is 5.19. The monoisotopic (exact) mass is 335 g/mol. The van der Waals surface area contributed by atoms with Crippen LogP contribution in [0.4, 0.5) is 0 Å². The minimum Gasteiger partial charge on any atom is -0.478 e. The Morgan fingerprint density at radius 2 is 1.80 bits per heavy atom. The van der Waals surface area contributed by atoms with Crippen LogP contribution < -0.4 is 0 Å². The van der Waals surface area contributed by atoms with E-state index in [-0.39, 0.29) is 29.0 Å². The third-order valence-corrected chi connectivity index (χ3v) is 5.73. The summed E-state index contributed by atoms with van der Waals surface area (Å²) in [5.74, 6) is -1.21. The van der Waals surface area contributed by atoms with Crippen molar-refractivity contribution in [2.75, 3.05) is 0 Å². The molecule has 0 radical (unpaired) electrons. The van der Waals surface area contributed by atoms with E-state index in [0.717, 1.165) is 17.5 Å². The molecular formula is C21H21NO3. The second-order valence-corrected chi connectivity index (χ2v) is 7.65. The van der Waals surface area contributed by atoms with Gasteiger partial charge in [-0.15, -0.1) is 0 Å². The molecule has 4 nitrogen and oxygen atoms in total. The Labute approximate surface area is 147 Å². The summed E-state index contributed by atoms with van der Waals surface area (Å²) >= 11 is 0. The van der Waals surface area contributed by atoms with Gasteiger partial charge in [-0.1, -0.05) is 50.2 Å². The third-order valence-electron chi connectivity index (χ3n) is 5.73. The minimum absolute atomic E-state index is 0.0930. The number of hydrogen-bond donors (Lipinski definition) is 1. The summed E-state index contributed by atoms with van der Waals surface area (Å²) in [5.41, 5.74) is 3.62. The minimum atomic E-state index is -1.05. The topological polar surface area (TPSA) is 57.6 Å². The number of nitrogens with zero attached hydrogens (tertiary/aromatic N) is 1. The van der Waals surface area contributed by atoms with E-state index in [1.165, 1.54) is 11.6 Å². The maximum Gasteiger partial charge on any atom is 0.336 e. The highest BCUT2D eigenvalue weighted by Crippen LogP contribution is 2.51. The molecule has 2 aliphatic rings. The summed E-state index contributed by atoms with van der Waals surface area (Å²) in [7, 11) is 0. The maximum absolute atomic E-state index is 13.2. The average molecular weight is 335 g/mol. The molecule has 0 saturated carbocycles. The number of carboxylic acid groups (broad SMARTS) is 1. The van der Waals surface area contributed by atoms with E-state index in [9.17, 15) is 14.7 Å². The summed E-state index contributed by atoms with van der Waals surface area (Å²) < 4.78 is 0. The van der Waals surface area contributed by atoms with Crippen LogP contribution in [0.5, 0.6) is 0 Å². The Hall–Kier alpha value is -2.62. The molecule has 0 aromatic heterocycles. The lowest BCUT2D eigenvalue weighted by Crippen LogP contribution is -2.31. The zero-order chi connectivity index (χ0) is 17.9. The van der Waals surface area contributed by atoms with Gasteiger partial charge in [-0.05, 0) is 41.5 Å². The van der Waals surface area contributed by atoms with Gasteiger partial charge in [0.05, 0.1) is 23.2 Å². The molecule has 0 saturated heterocycles. The van der Waals surface area contributed by atoms with E-state index in [4.69, 9.17) is 0 Å². The van der Waals surface area contributed by atoms with E-state index in [1.807, 2.05) is 30.0 Å². The number of benzene rings is 2. The Morgan fingerprint density at radius 3 is 2.52 bits per heavy atom. The first-order valence-electron chi connectivity index (χ1n) is 8.61. The molecular weight excluding hydrogens is 314 g/mol. The number of carbonyl (C=O) groups excluding carboxylic acids is 1. The lowest BCUT2D eigenvalue weighted by atomic mass is 9.76. The summed E-state index contributed by atoms with van der Waals surface area (Å²) in [5, 5.41) is 9.51. The van der Waals surface area contributed by atoms with Gasteiger partial charge in [0.2, 0.25) is 0 Å². The number of rotatable bonds is 1. The highest BCUT2D eigenvalue weighted by atomic mass is 16.4. The first-order valence-corrected chi connectivity index (χ1v) is 8.61. The van der Waals surface area contributed by atoms with Crippen LogP contribution in [-0.2, 0) is 5.41 Å². The highest BCUT2D eigenvalue weighted by molar-refractivity contribution is 6.08. The fourth-order valence-corrected chi connectivity index (χ4v) is 4.56. The molecule has 2 atom stereocenters. The molecule has 0 bridgehead atoms. The van der Waals surface area contributed by atoms with Crippen LogP contribution in [0.1, 0.15) is 76.7 Å². The fourth-order valence-electron chi connectivity index (χ4n) is 4.56. The molecule has 4 rings (SSSR count). The van der Waals surface area contributed by atoms with Crippen molar-refractivity contribution in [3.8, 4) is 0 Å². The first-order chi connectivity index (χ1) is 11.8. The van der Waals surface area contributed by atoms with Crippen LogP contribution in [-0.4, -0.2) is 21.9 Å². The molecule has 2 heterocycles. The quantitative estimate of drug-likeness (QED) is 0.844. The number of fused-ring (bicyclic) bond motifs is 4. The van der Waals surface area contributed by atoms with Gasteiger partial charge in [-0.25, -0.2) is 4.79 Å². The van der Waals surface area contributed by atoms with Crippen LogP contribution in [0.2, 0.25) is 0 Å². The second-order valence-electron chi connectivity index (χ2n) is 7.65. The van der Waals surface area contributed by atoms with E-state index in [1.54, 1.807) is 6.07 Å². The molecule has 0 fully saturated rings.